The van der Waals surface area contributed by atoms with Crippen LogP contribution in [0.2, 0.25) is 0 Å². The van der Waals surface area contributed by atoms with Gasteiger partial charge < -0.3 is 0 Å². The van der Waals surface area contributed by atoms with Crippen LogP contribution in [0.1, 0.15) is 16.7 Å². The molecule has 2 heteroatoms. The molecule has 0 aromatic heterocycles. The molecule has 0 atom stereocenters. The van der Waals surface area contributed by atoms with Crippen molar-refractivity contribution < 1.29 is 0 Å². The Labute approximate surface area is 178 Å². The molecule has 4 rings (SSSR count). The fraction of sp³-hybridized carbons (Fsp3) is 0.120. The molecule has 0 radical (unpaired) electrons. The van der Waals surface area contributed by atoms with Gasteiger partial charge >= 0.3 is 180 Å². The van der Waals surface area contributed by atoms with E-state index >= 15 is 0 Å². The molecule has 0 aliphatic carbocycles. The number of benzene rings is 4. The molecular weight excluding hydrogens is 492 g/mol. The van der Waals surface area contributed by atoms with Crippen molar-refractivity contribution >= 4 is 59.7 Å². The second-order valence-electron chi connectivity index (χ2n) is 7.44. The molecule has 0 unspecified atom stereocenters. The zero-order valence-electron chi connectivity index (χ0n) is 16.2. The van der Waals surface area contributed by atoms with Crippen LogP contribution in [-0.2, 0) is 4.44 Å². The predicted molar refractivity (Wildman–Crippen MR) is 126 cm³/mol. The van der Waals surface area contributed by atoms with E-state index in [1.54, 1.807) is 23.5 Å². The Bertz CT molecular complexity index is 1080. The van der Waals surface area contributed by atoms with Crippen molar-refractivity contribution in [3.8, 4) is 0 Å². The molecule has 0 bridgehead atoms. The third-order valence-corrected chi connectivity index (χ3v) is 16.1. The van der Waals surface area contributed by atoms with Crippen molar-refractivity contribution in [3.63, 3.8) is 0 Å². The van der Waals surface area contributed by atoms with Gasteiger partial charge in [-0.25, -0.2) is 0 Å². The maximum absolute atomic E-state index is 2.41. The van der Waals surface area contributed by atoms with Gasteiger partial charge in [0.1, 0.15) is 0 Å². The molecule has 0 saturated heterocycles. The fourth-order valence-corrected chi connectivity index (χ4v) is 15.9. The van der Waals surface area contributed by atoms with Crippen molar-refractivity contribution in [3.05, 3.63) is 102 Å². The van der Waals surface area contributed by atoms with Crippen LogP contribution >= 0.6 is 0 Å². The molecule has 4 aromatic carbocycles. The Morgan fingerprint density at radius 3 is 2.33 bits per heavy atom. The van der Waals surface area contributed by atoms with Crippen LogP contribution in [0.4, 0.5) is 0 Å². The normalized spacial score (nSPS) is 11.9. The molecule has 0 heterocycles. The van der Waals surface area contributed by atoms with Gasteiger partial charge in [0.2, 0.25) is 0 Å². The van der Waals surface area contributed by atoms with Gasteiger partial charge in [-0.1, -0.05) is 0 Å². The minimum absolute atomic E-state index is 0.992. The summed E-state index contributed by atoms with van der Waals surface area (Å²) in [4.78, 5) is 0. The second kappa shape index (κ2) is 8.66. The van der Waals surface area contributed by atoms with E-state index < -0.39 is 36.6 Å². The SMILES string of the molecule is Cc1ccc[c]([SnH2][CH2]c2cccc[c]2[GeH2][c]2cccc3ccccc23)c1C. The molecule has 0 spiro atoms. The van der Waals surface area contributed by atoms with E-state index in [0.717, 1.165) is 0 Å². The van der Waals surface area contributed by atoms with Crippen LogP contribution < -0.4 is 12.4 Å². The number of hydrogen-bond donors (Lipinski definition) is 0. The summed E-state index contributed by atoms with van der Waals surface area (Å²) < 4.78 is 6.35. The van der Waals surface area contributed by atoms with Gasteiger partial charge in [0.15, 0.2) is 0 Å². The van der Waals surface area contributed by atoms with Crippen LogP contribution in [-0.4, -0.2) is 36.6 Å². The third-order valence-electron chi connectivity index (χ3n) is 5.76. The fourth-order valence-electron chi connectivity index (χ4n) is 3.98. The Morgan fingerprint density at radius 1 is 0.704 bits per heavy atom. The first-order valence-electron chi connectivity index (χ1n) is 9.81. The maximum atomic E-state index is 2.41. The average Bonchev–Trinajstić information content (AvgIpc) is 2.70. The van der Waals surface area contributed by atoms with Crippen molar-refractivity contribution in [1.29, 1.82) is 0 Å². The zero-order chi connectivity index (χ0) is 18.6. The molecule has 0 aliphatic rings. The van der Waals surface area contributed by atoms with Crippen molar-refractivity contribution in [2.75, 3.05) is 0 Å². The molecule has 0 N–H and O–H groups in total. The van der Waals surface area contributed by atoms with Crippen LogP contribution in [0.3, 0.4) is 0 Å². The summed E-state index contributed by atoms with van der Waals surface area (Å²) in [7, 11) is 0. The number of hydrogen-bond acceptors (Lipinski definition) is 0. The Balaban J connectivity index is 1.60. The third kappa shape index (κ3) is 4.33. The van der Waals surface area contributed by atoms with Crippen LogP contribution in [0, 0.1) is 13.8 Å². The van der Waals surface area contributed by atoms with Crippen LogP contribution in [0.15, 0.2) is 84.9 Å². The first kappa shape index (κ1) is 18.8. The number of aryl methyl sites for hydroxylation is 1. The van der Waals surface area contributed by atoms with Gasteiger partial charge in [-0.3, -0.25) is 0 Å². The van der Waals surface area contributed by atoms with E-state index in [4.69, 9.17) is 0 Å². The molecule has 0 fully saturated rings. The summed E-state index contributed by atoms with van der Waals surface area (Å²) in [6.45, 7) is 4.55. The van der Waals surface area contributed by atoms with Crippen LogP contribution in [0.5, 0.6) is 0 Å². The monoisotopic (exact) mass is 520 g/mol. The van der Waals surface area contributed by atoms with Crippen molar-refractivity contribution in [2.45, 2.75) is 18.3 Å². The van der Waals surface area contributed by atoms with Gasteiger partial charge in [0.05, 0.1) is 0 Å². The Morgan fingerprint density at radius 2 is 1.41 bits per heavy atom. The van der Waals surface area contributed by atoms with Gasteiger partial charge in [0, 0.05) is 0 Å². The van der Waals surface area contributed by atoms with E-state index in [1.807, 2.05) is 0 Å². The average molecular weight is 518 g/mol. The van der Waals surface area contributed by atoms with E-state index in [1.165, 1.54) is 20.8 Å². The second-order valence-corrected chi connectivity index (χ2v) is 16.4. The zero-order valence-corrected chi connectivity index (χ0v) is 23.2. The predicted octanol–water partition coefficient (Wildman–Crippen LogP) is 2.57. The van der Waals surface area contributed by atoms with Gasteiger partial charge in [-0.05, 0) is 0 Å². The van der Waals surface area contributed by atoms with Crippen LogP contribution in [0.25, 0.3) is 10.8 Å². The first-order valence-corrected chi connectivity index (χ1v) is 17.6. The molecule has 134 valence electrons. The molecule has 0 saturated carbocycles. The summed E-state index contributed by atoms with van der Waals surface area (Å²) in [5.41, 5.74) is 4.63. The molecular formula is C25H26GeSn. The molecule has 0 nitrogen and oxygen atoms in total. The number of rotatable bonds is 5. The summed E-state index contributed by atoms with van der Waals surface area (Å²) in [5, 5.41) is 2.85. The van der Waals surface area contributed by atoms with Gasteiger partial charge in [0.25, 0.3) is 0 Å². The minimum atomic E-state index is -1.00. The van der Waals surface area contributed by atoms with Gasteiger partial charge in [-0.15, -0.1) is 0 Å². The van der Waals surface area contributed by atoms with E-state index in [-0.39, 0.29) is 0 Å². The topological polar surface area (TPSA) is 0 Å². The van der Waals surface area contributed by atoms with E-state index in [0.29, 0.717) is 0 Å². The summed E-state index contributed by atoms with van der Waals surface area (Å²) in [5.74, 6) is 0. The molecule has 27 heavy (non-hydrogen) atoms. The van der Waals surface area contributed by atoms with Gasteiger partial charge in [-0.2, -0.15) is 0 Å². The standard InChI is InChI=1S/C17H15Ge.C8H9.Sn.2H/c1-13-7-2-5-11-16(13)18-17-12-6-9-14-8-3-4-10-15(14)17;1-7-5-3-4-6-8(7)2;;;/h2-12H,1,18H2;3-5H,1-2H3;;;. The summed E-state index contributed by atoms with van der Waals surface area (Å²) in [6, 6.07) is 31.9. The number of fused-ring (bicyclic) bond motifs is 1. The van der Waals surface area contributed by atoms with Crippen molar-refractivity contribution in [2.24, 2.45) is 0 Å². The first-order chi connectivity index (χ1) is 13.2. The Kier molecular flexibility index (Phi) is 6.04. The van der Waals surface area contributed by atoms with E-state index in [9.17, 15) is 0 Å². The summed E-state index contributed by atoms with van der Waals surface area (Å²) >= 11 is -1.99. The van der Waals surface area contributed by atoms with E-state index in [2.05, 4.69) is 98.8 Å². The quantitative estimate of drug-likeness (QED) is 0.357. The Hall–Kier alpha value is -1.52. The summed E-state index contributed by atoms with van der Waals surface area (Å²) in [6.07, 6.45) is 0. The van der Waals surface area contributed by atoms with Crippen molar-refractivity contribution in [1.82, 2.24) is 0 Å². The molecule has 0 aliphatic heterocycles. The molecule has 4 aromatic rings. The molecule has 0 amide bonds.